The van der Waals surface area contributed by atoms with Gasteiger partial charge in [0.1, 0.15) is 17.2 Å². The molecule has 0 spiro atoms. The number of aromatic nitrogens is 3. The van der Waals surface area contributed by atoms with Crippen LogP contribution >= 0.6 is 0 Å². The monoisotopic (exact) mass is 817 g/mol. The van der Waals surface area contributed by atoms with E-state index in [0.717, 1.165) is 47.6 Å². The highest BCUT2D eigenvalue weighted by molar-refractivity contribution is 7.89. The first-order chi connectivity index (χ1) is 27.8. The fourth-order valence-corrected chi connectivity index (χ4v) is 9.10. The smallest absolute Gasteiger partial charge is 0.343 e. The molecule has 0 aliphatic carbocycles. The van der Waals surface area contributed by atoms with Crippen molar-refractivity contribution in [2.75, 3.05) is 68.3 Å². The zero-order valence-electron chi connectivity index (χ0n) is 30.8. The van der Waals surface area contributed by atoms with Gasteiger partial charge in [0.2, 0.25) is 27.8 Å². The van der Waals surface area contributed by atoms with Crippen LogP contribution in [0.1, 0.15) is 50.3 Å². The highest BCUT2D eigenvalue weighted by Gasteiger charge is 2.45. The zero-order chi connectivity index (χ0) is 40.9. The van der Waals surface area contributed by atoms with Crippen LogP contribution < -0.4 is 21.3 Å². The van der Waals surface area contributed by atoms with Crippen molar-refractivity contribution < 1.29 is 41.2 Å². The number of imide groups is 2. The van der Waals surface area contributed by atoms with Gasteiger partial charge >= 0.3 is 6.03 Å². The quantitative estimate of drug-likeness (QED) is 0.207. The molecule has 8 rings (SSSR count). The number of hydrazine groups is 1. The predicted molar refractivity (Wildman–Crippen MR) is 202 cm³/mol. The maximum atomic E-state index is 14.2. The summed E-state index contributed by atoms with van der Waals surface area (Å²) in [4.78, 5) is 72.0. The maximum absolute atomic E-state index is 14.2. The number of sulfonamides is 1. The first kappa shape index (κ1) is 38.5. The van der Waals surface area contributed by atoms with Gasteiger partial charge in [-0.25, -0.2) is 27.0 Å². The van der Waals surface area contributed by atoms with Crippen LogP contribution in [0, 0.1) is 17.6 Å². The average molecular weight is 818 g/mol. The Bertz CT molecular complexity index is 2430. The van der Waals surface area contributed by atoms with E-state index in [1.165, 1.54) is 28.6 Å². The summed E-state index contributed by atoms with van der Waals surface area (Å²) in [5.41, 5.74) is 6.40. The summed E-state index contributed by atoms with van der Waals surface area (Å²) in [5.74, 6) is -5.23. The van der Waals surface area contributed by atoms with Crippen molar-refractivity contribution in [3.05, 3.63) is 89.0 Å². The van der Waals surface area contributed by atoms with E-state index in [0.29, 0.717) is 61.2 Å². The Morgan fingerprint density at radius 3 is 2.21 bits per heavy atom. The number of benzene rings is 3. The first-order valence-corrected chi connectivity index (χ1v) is 19.9. The van der Waals surface area contributed by atoms with Gasteiger partial charge in [-0.1, -0.05) is 12.1 Å². The summed E-state index contributed by atoms with van der Waals surface area (Å²) in [6.07, 6.45) is 1.60. The number of hydrogen-bond acceptors (Lipinski definition) is 13. The Hall–Kier alpha value is -6.32. The lowest BCUT2D eigenvalue weighted by atomic mass is 9.94. The van der Waals surface area contributed by atoms with Gasteiger partial charge in [-0.15, -0.1) is 5.10 Å². The van der Waals surface area contributed by atoms with Crippen LogP contribution in [0.5, 0.6) is 0 Å². The number of halogens is 2. The van der Waals surface area contributed by atoms with Crippen molar-refractivity contribution in [1.82, 2.24) is 39.3 Å². The molecule has 0 atom stereocenters. The lowest BCUT2D eigenvalue weighted by Crippen LogP contribution is -2.58. The number of nitrogens with zero attached hydrogens (tertiary/aromatic N) is 8. The van der Waals surface area contributed by atoms with E-state index in [-0.39, 0.29) is 34.9 Å². The van der Waals surface area contributed by atoms with E-state index in [2.05, 4.69) is 30.5 Å². The van der Waals surface area contributed by atoms with Gasteiger partial charge in [-0.2, -0.15) is 19.0 Å². The second-order valence-corrected chi connectivity index (χ2v) is 16.2. The number of urea groups is 1. The molecule has 58 heavy (non-hydrogen) atoms. The van der Waals surface area contributed by atoms with Crippen molar-refractivity contribution >= 4 is 63.0 Å². The first-order valence-electron chi connectivity index (χ1n) is 18.5. The van der Waals surface area contributed by atoms with Crippen molar-refractivity contribution in [1.29, 1.82) is 0 Å². The number of piperidine rings is 1. The Morgan fingerprint density at radius 1 is 0.862 bits per heavy atom. The number of nitrogens with one attached hydrogen (secondary N) is 2. The van der Waals surface area contributed by atoms with Crippen LogP contribution in [0.3, 0.4) is 0 Å². The lowest BCUT2D eigenvalue weighted by molar-refractivity contribution is -0.122. The molecule has 302 valence electrons. The van der Waals surface area contributed by atoms with Gasteiger partial charge in [-0.3, -0.25) is 24.5 Å². The molecule has 0 saturated carbocycles. The molecule has 21 heteroatoms. The third-order valence-electron chi connectivity index (χ3n) is 10.7. The van der Waals surface area contributed by atoms with Crippen LogP contribution in [0.25, 0.3) is 0 Å². The van der Waals surface area contributed by atoms with Gasteiger partial charge in [-0.05, 0) is 67.3 Å². The van der Waals surface area contributed by atoms with Gasteiger partial charge < -0.3 is 20.9 Å². The van der Waals surface area contributed by atoms with Crippen molar-refractivity contribution in [2.45, 2.75) is 24.2 Å². The fraction of sp³-hybridized carbons (Fsp3) is 0.324. The SMILES string of the molecule is Nc1nc(Nc2ccc(S(=O)(=O)N3CCN(CC4CCN(c5cccc6c5C(=O)N(N5CCC(=O)NC5=O)C6=O)CC4)CC3)cc2)nn1C(=O)c1c(F)cccc1F. The summed E-state index contributed by atoms with van der Waals surface area (Å²) >= 11 is 0. The van der Waals surface area contributed by atoms with Crippen LogP contribution in [0.15, 0.2) is 65.6 Å². The summed E-state index contributed by atoms with van der Waals surface area (Å²) < 4.78 is 57.4. The normalized spacial score (nSPS) is 18.5. The van der Waals surface area contributed by atoms with Crippen LogP contribution in [0.4, 0.5) is 36.8 Å². The molecule has 0 unspecified atom stereocenters. The minimum Gasteiger partial charge on any atom is -0.371 e. The maximum Gasteiger partial charge on any atom is 0.343 e. The van der Waals surface area contributed by atoms with Gasteiger partial charge in [0.05, 0.1) is 28.3 Å². The Labute approximate surface area is 330 Å². The zero-order valence-corrected chi connectivity index (χ0v) is 31.6. The highest BCUT2D eigenvalue weighted by Crippen LogP contribution is 2.35. The van der Waals surface area contributed by atoms with E-state index >= 15 is 0 Å². The van der Waals surface area contributed by atoms with Crippen molar-refractivity contribution in [3.63, 3.8) is 0 Å². The van der Waals surface area contributed by atoms with Crippen LogP contribution in [0.2, 0.25) is 0 Å². The number of amides is 5. The topological polar surface area (TPSA) is 216 Å². The highest BCUT2D eigenvalue weighted by atomic mass is 32.2. The van der Waals surface area contributed by atoms with E-state index < -0.39 is 62.8 Å². The molecular weight excluding hydrogens is 781 g/mol. The molecule has 18 nitrogen and oxygen atoms in total. The molecule has 0 radical (unpaired) electrons. The molecule has 5 amide bonds. The van der Waals surface area contributed by atoms with Crippen LogP contribution in [-0.2, 0) is 14.8 Å². The molecule has 1 aromatic heterocycles. The summed E-state index contributed by atoms with van der Waals surface area (Å²) in [5, 5.41) is 10.7. The Balaban J connectivity index is 0.830. The number of hydrogen-bond donors (Lipinski definition) is 3. The third kappa shape index (κ3) is 7.11. The minimum absolute atomic E-state index is 0.0259. The number of carbonyl (C=O) groups is 5. The van der Waals surface area contributed by atoms with Gasteiger partial charge in [0.25, 0.3) is 17.7 Å². The lowest BCUT2D eigenvalue weighted by Gasteiger charge is -2.39. The van der Waals surface area contributed by atoms with E-state index in [1.54, 1.807) is 18.2 Å². The molecular formula is C37H37F2N11O7S. The predicted octanol–water partition coefficient (Wildman–Crippen LogP) is 2.25. The molecule has 4 aliphatic heterocycles. The molecule has 3 fully saturated rings. The number of carbonyl (C=O) groups excluding carboxylic acids is 5. The third-order valence-corrected chi connectivity index (χ3v) is 12.6. The summed E-state index contributed by atoms with van der Waals surface area (Å²) in [7, 11) is -3.82. The molecule has 3 saturated heterocycles. The number of nitrogen functional groups attached to an aromatic ring is 1. The van der Waals surface area contributed by atoms with E-state index in [4.69, 9.17) is 5.73 Å². The number of fused-ring (bicyclic) bond motifs is 1. The molecule has 5 heterocycles. The van der Waals surface area contributed by atoms with Gasteiger partial charge in [0.15, 0.2) is 0 Å². The molecule has 4 N–H and O–H groups in total. The second-order valence-electron chi connectivity index (χ2n) is 14.2. The molecule has 4 aromatic rings. The molecule has 4 aliphatic rings. The number of rotatable bonds is 9. The number of piperazine rings is 1. The molecule has 0 bridgehead atoms. The number of anilines is 4. The second kappa shape index (κ2) is 15.2. The average Bonchev–Trinajstić information content (AvgIpc) is 3.70. The van der Waals surface area contributed by atoms with Crippen LogP contribution in [-0.4, -0.2) is 124 Å². The van der Waals surface area contributed by atoms with Crippen molar-refractivity contribution in [3.8, 4) is 0 Å². The molecule has 3 aromatic carbocycles. The van der Waals surface area contributed by atoms with E-state index in [1.807, 2.05) is 0 Å². The van der Waals surface area contributed by atoms with Gasteiger partial charge in [0, 0.05) is 57.9 Å². The Kier molecular flexibility index (Phi) is 10.1. The standard InChI is InChI=1S/C37H37F2N11O7S/c38-26-4-2-5-27(39)31(26)33(53)49-35(40)43-36(44-49)41-23-7-9-24(10-8-23)58(56,57)47-19-17-45(18-20-47)21-22-11-14-46(15-12-22)28-6-1-3-25-30(28)34(54)50(32(25)52)48-16-13-29(51)42-37(48)55/h1-10,22H,11-21H2,(H,42,51,55)(H3,40,41,43,44). The van der Waals surface area contributed by atoms with Crippen molar-refractivity contribution in [2.24, 2.45) is 5.92 Å². The minimum atomic E-state index is -3.82. The summed E-state index contributed by atoms with van der Waals surface area (Å²) in [6.45, 7) is 3.64. The largest absolute Gasteiger partial charge is 0.371 e. The Morgan fingerprint density at radius 2 is 1.53 bits per heavy atom. The van der Waals surface area contributed by atoms with E-state index in [9.17, 15) is 41.2 Å². The fourth-order valence-electron chi connectivity index (χ4n) is 7.68. The summed E-state index contributed by atoms with van der Waals surface area (Å²) in [6, 6.07) is 13.1. The number of nitrogens with two attached hydrogens (primary N) is 1.